The van der Waals surface area contributed by atoms with Crippen molar-refractivity contribution >= 4 is 5.91 Å². The third kappa shape index (κ3) is 4.25. The van der Waals surface area contributed by atoms with Crippen LogP contribution in [0.5, 0.6) is 0 Å². The van der Waals surface area contributed by atoms with Crippen LogP contribution in [0.1, 0.15) is 30.0 Å². The minimum Gasteiger partial charge on any atom is -0.350 e. The van der Waals surface area contributed by atoms with Gasteiger partial charge < -0.3 is 15.2 Å². The smallest absolute Gasteiger partial charge is 0.241 e. The number of carbonyl (C=O) groups is 1. The Balaban J connectivity index is 1.35. The molecule has 3 heterocycles. The molecule has 3 aromatic rings. The summed E-state index contributed by atoms with van der Waals surface area (Å²) in [6, 6.07) is 10.0. The van der Waals surface area contributed by atoms with Gasteiger partial charge in [0.1, 0.15) is 6.54 Å². The van der Waals surface area contributed by atoms with Crippen molar-refractivity contribution in [2.24, 2.45) is 0 Å². The summed E-state index contributed by atoms with van der Waals surface area (Å²) < 4.78 is 3.67. The highest BCUT2D eigenvalue weighted by Gasteiger charge is 2.18. The van der Waals surface area contributed by atoms with Gasteiger partial charge in [0.15, 0.2) is 0 Å². The second-order valence-corrected chi connectivity index (χ2v) is 6.86. The average Bonchev–Trinajstić information content (AvgIpc) is 3.40. The Labute approximate surface area is 158 Å². The molecule has 1 aliphatic heterocycles. The van der Waals surface area contributed by atoms with Gasteiger partial charge in [0, 0.05) is 37.6 Å². The lowest BCUT2D eigenvalue weighted by Crippen LogP contribution is -2.29. The summed E-state index contributed by atoms with van der Waals surface area (Å²) in [5.74, 6) is 0.400. The molecule has 1 aliphatic rings. The fourth-order valence-corrected chi connectivity index (χ4v) is 3.50. The molecule has 1 amide bonds. The highest BCUT2D eigenvalue weighted by atomic mass is 16.2. The third-order valence-electron chi connectivity index (χ3n) is 4.93. The molecular formula is C20H24N6O. The second kappa shape index (κ2) is 8.18. The van der Waals surface area contributed by atoms with Crippen LogP contribution < -0.4 is 10.6 Å². The van der Waals surface area contributed by atoms with Crippen molar-refractivity contribution in [1.82, 2.24) is 30.0 Å². The van der Waals surface area contributed by atoms with E-state index in [1.807, 2.05) is 47.3 Å². The molecule has 1 unspecified atom stereocenters. The molecule has 1 atom stereocenters. The lowest BCUT2D eigenvalue weighted by molar-refractivity contribution is -0.122. The molecule has 2 aromatic heterocycles. The molecule has 0 aliphatic carbocycles. The zero-order valence-corrected chi connectivity index (χ0v) is 15.2. The van der Waals surface area contributed by atoms with E-state index in [4.69, 9.17) is 0 Å². The number of benzene rings is 1. The summed E-state index contributed by atoms with van der Waals surface area (Å²) in [6.45, 7) is 2.75. The van der Waals surface area contributed by atoms with Crippen LogP contribution in [-0.4, -0.2) is 38.3 Å². The van der Waals surface area contributed by atoms with Gasteiger partial charge in [0.2, 0.25) is 5.91 Å². The maximum absolute atomic E-state index is 12.4. The largest absolute Gasteiger partial charge is 0.350 e. The van der Waals surface area contributed by atoms with Gasteiger partial charge in [-0.3, -0.25) is 9.48 Å². The van der Waals surface area contributed by atoms with Crippen LogP contribution in [0.3, 0.4) is 0 Å². The van der Waals surface area contributed by atoms with E-state index in [0.29, 0.717) is 12.5 Å². The zero-order valence-electron chi connectivity index (χ0n) is 15.2. The van der Waals surface area contributed by atoms with Crippen molar-refractivity contribution in [3.63, 3.8) is 0 Å². The Morgan fingerprint density at radius 3 is 3.00 bits per heavy atom. The summed E-state index contributed by atoms with van der Waals surface area (Å²) in [4.78, 5) is 16.5. The number of hydrogen-bond donors (Lipinski definition) is 2. The predicted octanol–water partition coefficient (Wildman–Crippen LogP) is 1.85. The summed E-state index contributed by atoms with van der Waals surface area (Å²) >= 11 is 0. The van der Waals surface area contributed by atoms with E-state index in [1.54, 1.807) is 17.2 Å². The van der Waals surface area contributed by atoms with E-state index in [9.17, 15) is 4.79 Å². The number of nitrogens with zero attached hydrogens (tertiary/aromatic N) is 4. The zero-order chi connectivity index (χ0) is 18.5. The van der Waals surface area contributed by atoms with Gasteiger partial charge in [-0.1, -0.05) is 18.2 Å². The van der Waals surface area contributed by atoms with Crippen molar-refractivity contribution < 1.29 is 4.79 Å². The van der Waals surface area contributed by atoms with Gasteiger partial charge in [-0.2, -0.15) is 5.10 Å². The van der Waals surface area contributed by atoms with E-state index in [1.165, 1.54) is 6.42 Å². The Bertz CT molecular complexity index is 880. The predicted molar refractivity (Wildman–Crippen MR) is 102 cm³/mol. The summed E-state index contributed by atoms with van der Waals surface area (Å²) in [6.07, 6.45) is 9.61. The number of nitrogens with one attached hydrogen (secondary N) is 2. The fraction of sp³-hybridized carbons (Fsp3) is 0.350. The monoisotopic (exact) mass is 364 g/mol. The van der Waals surface area contributed by atoms with Crippen LogP contribution in [-0.2, 0) is 17.9 Å². The van der Waals surface area contributed by atoms with E-state index in [2.05, 4.69) is 20.7 Å². The van der Waals surface area contributed by atoms with Gasteiger partial charge in [-0.05, 0) is 37.1 Å². The number of carbonyl (C=O) groups excluding carboxylic acids is 1. The molecule has 0 saturated carbocycles. The molecular weight excluding hydrogens is 340 g/mol. The van der Waals surface area contributed by atoms with Gasteiger partial charge >= 0.3 is 0 Å². The number of piperidine rings is 1. The normalized spacial score (nSPS) is 17.0. The molecule has 0 bridgehead atoms. The van der Waals surface area contributed by atoms with Gasteiger partial charge in [0.05, 0.1) is 17.7 Å². The second-order valence-electron chi connectivity index (χ2n) is 6.86. The Morgan fingerprint density at radius 2 is 2.19 bits per heavy atom. The molecule has 1 aromatic carbocycles. The lowest BCUT2D eigenvalue weighted by atomic mass is 9.97. The molecule has 27 heavy (non-hydrogen) atoms. The van der Waals surface area contributed by atoms with Crippen LogP contribution in [0.4, 0.5) is 0 Å². The SMILES string of the molecule is O=C(Cn1ccc(C2CCCNC2)n1)NCc1ccccc1-n1ccnc1. The van der Waals surface area contributed by atoms with E-state index >= 15 is 0 Å². The molecule has 0 radical (unpaired) electrons. The quantitative estimate of drug-likeness (QED) is 0.700. The number of para-hydroxylation sites is 1. The van der Waals surface area contributed by atoms with E-state index in [-0.39, 0.29) is 12.5 Å². The van der Waals surface area contributed by atoms with Crippen molar-refractivity contribution in [3.05, 3.63) is 66.5 Å². The van der Waals surface area contributed by atoms with Gasteiger partial charge in [-0.15, -0.1) is 0 Å². The highest BCUT2D eigenvalue weighted by molar-refractivity contribution is 5.75. The van der Waals surface area contributed by atoms with Crippen molar-refractivity contribution in [2.45, 2.75) is 31.8 Å². The summed E-state index contributed by atoms with van der Waals surface area (Å²) in [5.41, 5.74) is 3.13. The minimum atomic E-state index is -0.0492. The highest BCUT2D eigenvalue weighted by Crippen LogP contribution is 2.21. The number of imidazole rings is 1. The molecule has 1 saturated heterocycles. The van der Waals surface area contributed by atoms with E-state index < -0.39 is 0 Å². The maximum atomic E-state index is 12.4. The summed E-state index contributed by atoms with van der Waals surface area (Å²) in [7, 11) is 0. The molecule has 2 N–H and O–H groups in total. The van der Waals surface area contributed by atoms with Gasteiger partial charge in [0.25, 0.3) is 0 Å². The Kier molecular flexibility index (Phi) is 5.29. The fourth-order valence-electron chi connectivity index (χ4n) is 3.50. The molecule has 140 valence electrons. The van der Waals surface area contributed by atoms with E-state index in [0.717, 1.165) is 36.5 Å². The van der Waals surface area contributed by atoms with Crippen molar-refractivity contribution in [3.8, 4) is 5.69 Å². The van der Waals surface area contributed by atoms with Gasteiger partial charge in [-0.25, -0.2) is 4.98 Å². The average molecular weight is 364 g/mol. The minimum absolute atomic E-state index is 0.0492. The standard InChI is InChI=1S/C20H24N6O/c27-20(14-26-10-7-18(24-26)16-5-3-8-21-12-16)23-13-17-4-1-2-6-19(17)25-11-9-22-15-25/h1-2,4,6-7,9-11,15-16,21H,3,5,8,12-14H2,(H,23,27). The Hall–Kier alpha value is -2.93. The van der Waals surface area contributed by atoms with Crippen molar-refractivity contribution in [2.75, 3.05) is 13.1 Å². The molecule has 7 heteroatoms. The van der Waals surface area contributed by atoms with Crippen LogP contribution in [0.2, 0.25) is 0 Å². The molecule has 1 fully saturated rings. The molecule has 4 rings (SSSR count). The number of amides is 1. The first-order valence-corrected chi connectivity index (χ1v) is 9.36. The topological polar surface area (TPSA) is 76.8 Å². The third-order valence-corrected chi connectivity index (χ3v) is 4.93. The molecule has 0 spiro atoms. The lowest BCUT2D eigenvalue weighted by Gasteiger charge is -2.20. The number of rotatable bonds is 6. The maximum Gasteiger partial charge on any atom is 0.241 e. The first-order valence-electron chi connectivity index (χ1n) is 9.36. The summed E-state index contributed by atoms with van der Waals surface area (Å²) in [5, 5.41) is 11.0. The number of aromatic nitrogens is 4. The van der Waals surface area contributed by atoms with Crippen molar-refractivity contribution in [1.29, 1.82) is 0 Å². The Morgan fingerprint density at radius 1 is 1.26 bits per heavy atom. The van der Waals surface area contributed by atoms with Crippen LogP contribution >= 0.6 is 0 Å². The first-order chi connectivity index (χ1) is 13.3. The first kappa shape index (κ1) is 17.5. The molecule has 7 nitrogen and oxygen atoms in total. The van der Waals surface area contributed by atoms with Crippen LogP contribution in [0.25, 0.3) is 5.69 Å². The van der Waals surface area contributed by atoms with Crippen LogP contribution in [0, 0.1) is 0 Å². The number of hydrogen-bond acceptors (Lipinski definition) is 4. The van der Waals surface area contributed by atoms with Crippen LogP contribution in [0.15, 0.2) is 55.2 Å².